The Morgan fingerprint density at radius 1 is 1.10 bits per heavy atom. The molecule has 0 heterocycles. The van der Waals surface area contributed by atoms with Gasteiger partial charge >= 0.3 is 6.18 Å². The van der Waals surface area contributed by atoms with Gasteiger partial charge in [-0.05, 0) is 5.41 Å². The molecule has 0 radical (unpaired) electrons. The zero-order valence-corrected chi connectivity index (χ0v) is 6.29. The van der Waals surface area contributed by atoms with Crippen molar-refractivity contribution >= 4 is 0 Å². The summed E-state index contributed by atoms with van der Waals surface area (Å²) >= 11 is 0. The maximum atomic E-state index is 11.8. The van der Waals surface area contributed by atoms with Crippen molar-refractivity contribution in [3.8, 4) is 0 Å². The van der Waals surface area contributed by atoms with Gasteiger partial charge in [0, 0.05) is 0 Å². The summed E-state index contributed by atoms with van der Waals surface area (Å²) in [6, 6.07) is -1.74. The molecule has 0 rings (SSSR count). The molecular weight excluding hydrogens is 143 g/mol. The van der Waals surface area contributed by atoms with E-state index in [1.807, 2.05) is 0 Å². The minimum Gasteiger partial charge on any atom is -0.320 e. The fourth-order valence-electron chi connectivity index (χ4n) is 0.491. The second-order valence-corrected chi connectivity index (χ2v) is 3.39. The molecule has 4 heteroatoms. The van der Waals surface area contributed by atoms with Crippen LogP contribution in [0.15, 0.2) is 0 Å². The largest absolute Gasteiger partial charge is 0.404 e. The van der Waals surface area contributed by atoms with Crippen molar-refractivity contribution < 1.29 is 13.2 Å². The second kappa shape index (κ2) is 2.42. The first-order valence-electron chi connectivity index (χ1n) is 2.98. The molecule has 0 aromatic carbocycles. The summed E-state index contributed by atoms with van der Waals surface area (Å²) in [7, 11) is 0. The lowest BCUT2D eigenvalue weighted by Crippen LogP contribution is -2.47. The quantitative estimate of drug-likeness (QED) is 0.568. The Kier molecular flexibility index (Phi) is 2.36. The van der Waals surface area contributed by atoms with Gasteiger partial charge < -0.3 is 5.73 Å². The third kappa shape index (κ3) is 2.56. The number of hydrogen-bond donors (Lipinski definition) is 1. The lowest BCUT2D eigenvalue weighted by Gasteiger charge is -2.28. The van der Waals surface area contributed by atoms with Crippen LogP contribution in [0.3, 0.4) is 0 Å². The van der Waals surface area contributed by atoms with Gasteiger partial charge in [0.25, 0.3) is 0 Å². The van der Waals surface area contributed by atoms with E-state index in [1.54, 1.807) is 0 Å². The van der Waals surface area contributed by atoms with Gasteiger partial charge in [-0.1, -0.05) is 20.8 Å². The van der Waals surface area contributed by atoms with Crippen LogP contribution >= 0.6 is 0 Å². The topological polar surface area (TPSA) is 26.0 Å². The smallest absolute Gasteiger partial charge is 0.320 e. The van der Waals surface area contributed by atoms with Gasteiger partial charge in [-0.25, -0.2) is 0 Å². The number of alkyl halides is 3. The third-order valence-electron chi connectivity index (χ3n) is 1.29. The Morgan fingerprint density at radius 3 is 1.40 bits per heavy atom. The zero-order valence-electron chi connectivity index (χ0n) is 6.29. The highest BCUT2D eigenvalue weighted by atomic mass is 19.4. The van der Waals surface area contributed by atoms with Crippen molar-refractivity contribution in [3.05, 3.63) is 0 Å². The molecule has 0 aliphatic heterocycles. The van der Waals surface area contributed by atoms with Crippen LogP contribution in [0.2, 0.25) is 0 Å². The van der Waals surface area contributed by atoms with Crippen LogP contribution in [-0.4, -0.2) is 12.2 Å². The molecule has 0 aromatic heterocycles. The summed E-state index contributed by atoms with van der Waals surface area (Å²) in [5.74, 6) is 0. The first kappa shape index (κ1) is 9.75. The van der Waals surface area contributed by atoms with E-state index in [-0.39, 0.29) is 0 Å². The molecule has 62 valence electrons. The van der Waals surface area contributed by atoms with E-state index in [1.165, 1.54) is 20.8 Å². The molecular formula is C6H12F3N. The molecule has 0 spiro atoms. The highest BCUT2D eigenvalue weighted by molar-refractivity contribution is 4.82. The van der Waals surface area contributed by atoms with E-state index in [0.717, 1.165) is 0 Å². The molecule has 0 saturated heterocycles. The van der Waals surface area contributed by atoms with E-state index in [2.05, 4.69) is 0 Å². The summed E-state index contributed by atoms with van der Waals surface area (Å²) in [5, 5.41) is 0. The van der Waals surface area contributed by atoms with Crippen LogP contribution in [-0.2, 0) is 0 Å². The Balaban J connectivity index is 4.23. The van der Waals surface area contributed by atoms with E-state index in [9.17, 15) is 13.2 Å². The standard InChI is InChI=1S/C6H12F3N/c1-5(2,3)4(10)6(7,8)9/h4H,10H2,1-3H3. The number of halogens is 3. The first-order chi connectivity index (χ1) is 4.15. The fourth-order valence-corrected chi connectivity index (χ4v) is 0.491. The molecule has 1 atom stereocenters. The highest BCUT2D eigenvalue weighted by Crippen LogP contribution is 2.30. The predicted molar refractivity (Wildman–Crippen MR) is 33.5 cm³/mol. The van der Waals surface area contributed by atoms with Crippen molar-refractivity contribution in [1.82, 2.24) is 0 Å². The Morgan fingerprint density at radius 2 is 1.40 bits per heavy atom. The third-order valence-corrected chi connectivity index (χ3v) is 1.29. The fraction of sp³-hybridized carbons (Fsp3) is 1.00. The number of hydrogen-bond acceptors (Lipinski definition) is 1. The maximum Gasteiger partial charge on any atom is 0.404 e. The first-order valence-corrected chi connectivity index (χ1v) is 2.98. The SMILES string of the molecule is CC(C)(C)C(N)C(F)(F)F. The van der Waals surface area contributed by atoms with Gasteiger partial charge in [0.1, 0.15) is 6.04 Å². The highest BCUT2D eigenvalue weighted by Gasteiger charge is 2.43. The molecule has 2 N–H and O–H groups in total. The molecule has 0 aliphatic rings. The Hall–Kier alpha value is -0.250. The van der Waals surface area contributed by atoms with Crippen molar-refractivity contribution in [1.29, 1.82) is 0 Å². The van der Waals surface area contributed by atoms with Gasteiger partial charge in [0.2, 0.25) is 0 Å². The van der Waals surface area contributed by atoms with E-state index >= 15 is 0 Å². The molecule has 1 nitrogen and oxygen atoms in total. The van der Waals surface area contributed by atoms with Gasteiger partial charge in [-0.3, -0.25) is 0 Å². The van der Waals surface area contributed by atoms with Crippen LogP contribution in [0.1, 0.15) is 20.8 Å². The molecule has 0 bridgehead atoms. The van der Waals surface area contributed by atoms with Crippen LogP contribution in [0.5, 0.6) is 0 Å². The van der Waals surface area contributed by atoms with E-state index in [4.69, 9.17) is 5.73 Å². The second-order valence-electron chi connectivity index (χ2n) is 3.39. The monoisotopic (exact) mass is 155 g/mol. The molecule has 0 aliphatic carbocycles. The summed E-state index contributed by atoms with van der Waals surface area (Å²) < 4.78 is 35.5. The minimum atomic E-state index is -4.28. The van der Waals surface area contributed by atoms with Crippen molar-refractivity contribution in [2.75, 3.05) is 0 Å². The average molecular weight is 155 g/mol. The van der Waals surface area contributed by atoms with Gasteiger partial charge in [-0.2, -0.15) is 13.2 Å². The van der Waals surface area contributed by atoms with Crippen molar-refractivity contribution in [3.63, 3.8) is 0 Å². The Labute approximate surface area is 58.4 Å². The molecule has 0 amide bonds. The minimum absolute atomic E-state index is 0.905. The van der Waals surface area contributed by atoms with Crippen LogP contribution in [0.4, 0.5) is 13.2 Å². The summed E-state index contributed by atoms with van der Waals surface area (Å²) in [5.41, 5.74) is 4.00. The molecule has 0 aromatic rings. The van der Waals surface area contributed by atoms with E-state index < -0.39 is 17.6 Å². The summed E-state index contributed by atoms with van der Waals surface area (Å²) in [6.45, 7) is 4.39. The Bertz CT molecular complexity index is 97.1. The molecule has 1 unspecified atom stereocenters. The lowest BCUT2D eigenvalue weighted by atomic mass is 9.87. The average Bonchev–Trinajstić information content (AvgIpc) is 1.59. The zero-order chi connectivity index (χ0) is 8.58. The van der Waals surface area contributed by atoms with Crippen molar-refractivity contribution in [2.45, 2.75) is 33.0 Å². The number of rotatable bonds is 0. The number of nitrogens with two attached hydrogens (primary N) is 1. The van der Waals surface area contributed by atoms with Gasteiger partial charge in [-0.15, -0.1) is 0 Å². The van der Waals surface area contributed by atoms with Crippen molar-refractivity contribution in [2.24, 2.45) is 11.1 Å². The van der Waals surface area contributed by atoms with Crippen LogP contribution in [0, 0.1) is 5.41 Å². The molecule has 0 saturated carbocycles. The van der Waals surface area contributed by atoms with Gasteiger partial charge in [0.05, 0.1) is 0 Å². The molecule has 0 fully saturated rings. The van der Waals surface area contributed by atoms with Gasteiger partial charge in [0.15, 0.2) is 0 Å². The normalized spacial score (nSPS) is 17.1. The lowest BCUT2D eigenvalue weighted by molar-refractivity contribution is -0.167. The summed E-state index contributed by atoms with van der Waals surface area (Å²) in [6.07, 6.45) is -4.28. The summed E-state index contributed by atoms with van der Waals surface area (Å²) in [4.78, 5) is 0. The molecule has 10 heavy (non-hydrogen) atoms. The van der Waals surface area contributed by atoms with Crippen LogP contribution in [0.25, 0.3) is 0 Å². The van der Waals surface area contributed by atoms with Crippen LogP contribution < -0.4 is 5.73 Å². The maximum absolute atomic E-state index is 11.8. The van der Waals surface area contributed by atoms with E-state index in [0.29, 0.717) is 0 Å². The predicted octanol–water partition coefficient (Wildman–Crippen LogP) is 1.92.